The zero-order valence-corrected chi connectivity index (χ0v) is 4.98. The molecule has 0 bridgehead atoms. The van der Waals surface area contributed by atoms with Crippen molar-refractivity contribution in [3.05, 3.63) is 10.1 Å². The van der Waals surface area contributed by atoms with Gasteiger partial charge in [0.2, 0.25) is 0 Å². The van der Waals surface area contributed by atoms with Crippen molar-refractivity contribution < 1.29 is 4.92 Å². The van der Waals surface area contributed by atoms with Crippen LogP contribution in [0.25, 0.3) is 0 Å². The number of nitrogens with one attached hydrogen (secondary N) is 1. The zero-order valence-electron chi connectivity index (χ0n) is 4.16. The highest BCUT2D eigenvalue weighted by Gasteiger charge is 2.25. The molecule has 0 aromatic carbocycles. The molecule has 1 N–H and O–H groups in total. The van der Waals surface area contributed by atoms with Crippen LogP contribution in [-0.4, -0.2) is 16.8 Å². The first-order valence-corrected chi connectivity index (χ1v) is 3.20. The lowest BCUT2D eigenvalue weighted by atomic mass is 10.4. The summed E-state index contributed by atoms with van der Waals surface area (Å²) in [7, 11) is 0. The standard InChI is InChI=1S/C3H6N2O2S/c6-5(7)3-1-2-4-8-3/h3-4H,1-2H2. The van der Waals surface area contributed by atoms with E-state index in [9.17, 15) is 10.1 Å². The fourth-order valence-corrected chi connectivity index (χ4v) is 1.29. The van der Waals surface area contributed by atoms with Crippen molar-refractivity contribution in [3.8, 4) is 0 Å². The first-order valence-electron chi connectivity index (χ1n) is 2.32. The lowest BCUT2D eigenvalue weighted by Crippen LogP contribution is -2.10. The molecule has 8 heavy (non-hydrogen) atoms. The van der Waals surface area contributed by atoms with Gasteiger partial charge in [0, 0.05) is 17.9 Å². The van der Waals surface area contributed by atoms with Gasteiger partial charge in [-0.3, -0.25) is 14.8 Å². The van der Waals surface area contributed by atoms with Crippen LogP contribution in [-0.2, 0) is 0 Å². The van der Waals surface area contributed by atoms with Gasteiger partial charge >= 0.3 is 0 Å². The van der Waals surface area contributed by atoms with Gasteiger partial charge in [0.25, 0.3) is 5.37 Å². The molecule has 1 aliphatic rings. The van der Waals surface area contributed by atoms with E-state index in [4.69, 9.17) is 0 Å². The second-order valence-electron chi connectivity index (χ2n) is 1.54. The first kappa shape index (κ1) is 5.84. The lowest BCUT2D eigenvalue weighted by molar-refractivity contribution is -0.494. The molecule has 46 valence electrons. The lowest BCUT2D eigenvalue weighted by Gasteiger charge is -1.93. The number of nitro groups is 1. The SMILES string of the molecule is O=[N+]([O-])C1CCNS1. The third-order valence-corrected chi connectivity index (χ3v) is 2.00. The van der Waals surface area contributed by atoms with Crippen LogP contribution >= 0.6 is 11.9 Å². The summed E-state index contributed by atoms with van der Waals surface area (Å²) in [6, 6.07) is 0. The molecule has 0 spiro atoms. The Balaban J connectivity index is 2.35. The van der Waals surface area contributed by atoms with Crippen molar-refractivity contribution in [3.63, 3.8) is 0 Å². The summed E-state index contributed by atoms with van der Waals surface area (Å²) in [5.74, 6) is 0. The molecule has 1 saturated heterocycles. The molecule has 0 aromatic rings. The molecule has 4 nitrogen and oxygen atoms in total. The van der Waals surface area contributed by atoms with Crippen molar-refractivity contribution in [2.45, 2.75) is 11.8 Å². The largest absolute Gasteiger partial charge is 0.272 e. The van der Waals surface area contributed by atoms with Gasteiger partial charge in [-0.1, -0.05) is 0 Å². The number of hydrogen-bond acceptors (Lipinski definition) is 4. The molecule has 0 saturated carbocycles. The second kappa shape index (κ2) is 2.32. The van der Waals surface area contributed by atoms with Gasteiger partial charge < -0.3 is 0 Å². The van der Waals surface area contributed by atoms with Gasteiger partial charge in [-0.25, -0.2) is 0 Å². The van der Waals surface area contributed by atoms with E-state index in [2.05, 4.69) is 4.72 Å². The maximum Gasteiger partial charge on any atom is 0.272 e. The van der Waals surface area contributed by atoms with Crippen molar-refractivity contribution >= 4 is 11.9 Å². The third kappa shape index (κ3) is 1.10. The summed E-state index contributed by atoms with van der Waals surface area (Å²) in [4.78, 5) is 9.69. The summed E-state index contributed by atoms with van der Waals surface area (Å²) in [5, 5.41) is 9.54. The summed E-state index contributed by atoms with van der Waals surface area (Å²) in [6.45, 7) is 0.760. The average molecular weight is 134 g/mol. The first-order chi connectivity index (χ1) is 3.80. The van der Waals surface area contributed by atoms with Gasteiger partial charge in [-0.2, -0.15) is 0 Å². The summed E-state index contributed by atoms with van der Waals surface area (Å²) in [5.41, 5.74) is 0. The Morgan fingerprint density at radius 3 is 2.88 bits per heavy atom. The van der Waals surface area contributed by atoms with E-state index in [1.54, 1.807) is 0 Å². The van der Waals surface area contributed by atoms with E-state index in [0.29, 0.717) is 6.42 Å². The number of rotatable bonds is 1. The summed E-state index contributed by atoms with van der Waals surface area (Å²) < 4.78 is 2.83. The summed E-state index contributed by atoms with van der Waals surface area (Å²) >= 11 is 1.20. The molecule has 0 aliphatic carbocycles. The maximum atomic E-state index is 9.95. The number of nitrogens with zero attached hydrogens (tertiary/aromatic N) is 1. The minimum absolute atomic E-state index is 0.259. The van der Waals surface area contributed by atoms with E-state index in [-0.39, 0.29) is 4.92 Å². The van der Waals surface area contributed by atoms with Gasteiger partial charge in [0.15, 0.2) is 0 Å². The maximum absolute atomic E-state index is 9.95. The van der Waals surface area contributed by atoms with E-state index in [0.717, 1.165) is 6.54 Å². The number of hydrogen-bond donors (Lipinski definition) is 1. The van der Waals surface area contributed by atoms with E-state index < -0.39 is 5.37 Å². The summed E-state index contributed by atoms with van der Waals surface area (Å²) in [6.07, 6.45) is 0.650. The Labute approximate surface area is 50.9 Å². The highest BCUT2D eigenvalue weighted by atomic mass is 32.2. The minimum atomic E-state index is -0.407. The Bertz CT molecular complexity index is 101. The predicted octanol–water partition coefficient (Wildman–Crippen LogP) is 0.231. The van der Waals surface area contributed by atoms with Crippen LogP contribution < -0.4 is 4.72 Å². The third-order valence-electron chi connectivity index (χ3n) is 0.948. The van der Waals surface area contributed by atoms with E-state index in [1.165, 1.54) is 11.9 Å². The van der Waals surface area contributed by atoms with Crippen LogP contribution in [0.1, 0.15) is 6.42 Å². The Hall–Kier alpha value is -0.290. The molecule has 1 rings (SSSR count). The molecule has 5 heteroatoms. The van der Waals surface area contributed by atoms with Crippen LogP contribution in [0.4, 0.5) is 0 Å². The molecule has 0 aromatic heterocycles. The Kier molecular flexibility index (Phi) is 1.69. The van der Waals surface area contributed by atoms with Crippen LogP contribution in [0.2, 0.25) is 0 Å². The van der Waals surface area contributed by atoms with Crippen LogP contribution in [0, 0.1) is 10.1 Å². The van der Waals surface area contributed by atoms with E-state index >= 15 is 0 Å². The average Bonchev–Trinajstić information content (AvgIpc) is 2.12. The molecule has 1 atom stereocenters. The van der Waals surface area contributed by atoms with Crippen LogP contribution in [0.15, 0.2) is 0 Å². The van der Waals surface area contributed by atoms with Gasteiger partial charge in [0.05, 0.1) is 0 Å². The highest BCUT2D eigenvalue weighted by molar-refractivity contribution is 7.98. The van der Waals surface area contributed by atoms with Crippen molar-refractivity contribution in [1.82, 2.24) is 4.72 Å². The van der Waals surface area contributed by atoms with Crippen LogP contribution in [0.5, 0.6) is 0 Å². The molecule has 1 fully saturated rings. The van der Waals surface area contributed by atoms with Crippen molar-refractivity contribution in [1.29, 1.82) is 0 Å². The smallest absolute Gasteiger partial charge is 0.263 e. The molecule has 1 unspecified atom stereocenters. The molecular weight excluding hydrogens is 128 g/mol. The highest BCUT2D eigenvalue weighted by Crippen LogP contribution is 2.16. The predicted molar refractivity (Wildman–Crippen MR) is 31.0 cm³/mol. The van der Waals surface area contributed by atoms with E-state index in [1.807, 2.05) is 0 Å². The quantitative estimate of drug-likeness (QED) is 0.317. The molecule has 0 radical (unpaired) electrons. The van der Waals surface area contributed by atoms with Gasteiger partial charge in [-0.05, 0) is 11.9 Å². The second-order valence-corrected chi connectivity index (χ2v) is 2.61. The molecule has 1 heterocycles. The molecular formula is C3H6N2O2S. The zero-order chi connectivity index (χ0) is 5.98. The monoisotopic (exact) mass is 134 g/mol. The Morgan fingerprint density at radius 2 is 2.62 bits per heavy atom. The van der Waals surface area contributed by atoms with Gasteiger partial charge in [-0.15, -0.1) is 0 Å². The fourth-order valence-electron chi connectivity index (χ4n) is 0.545. The van der Waals surface area contributed by atoms with Crippen molar-refractivity contribution in [2.75, 3.05) is 6.54 Å². The van der Waals surface area contributed by atoms with Gasteiger partial charge in [0.1, 0.15) is 0 Å². The Morgan fingerprint density at radius 1 is 1.88 bits per heavy atom. The molecule has 0 amide bonds. The van der Waals surface area contributed by atoms with Crippen molar-refractivity contribution in [2.24, 2.45) is 0 Å². The minimum Gasteiger partial charge on any atom is -0.263 e. The topological polar surface area (TPSA) is 55.2 Å². The van der Waals surface area contributed by atoms with Crippen LogP contribution in [0.3, 0.4) is 0 Å². The molecule has 1 aliphatic heterocycles. The normalized spacial score (nSPS) is 28.2. The fraction of sp³-hybridized carbons (Fsp3) is 1.00.